The smallest absolute Gasteiger partial charge is 0.251 e. The second-order valence-corrected chi connectivity index (χ2v) is 5.18. The van der Waals surface area contributed by atoms with Crippen molar-refractivity contribution in [3.05, 3.63) is 29.6 Å². The van der Waals surface area contributed by atoms with E-state index in [1.54, 1.807) is 0 Å². The van der Waals surface area contributed by atoms with Crippen molar-refractivity contribution in [2.75, 3.05) is 6.54 Å². The van der Waals surface area contributed by atoms with Gasteiger partial charge < -0.3 is 5.32 Å². The van der Waals surface area contributed by atoms with E-state index in [4.69, 9.17) is 0 Å². The summed E-state index contributed by atoms with van der Waals surface area (Å²) in [6.45, 7) is 2.85. The minimum Gasteiger partial charge on any atom is -0.351 e. The van der Waals surface area contributed by atoms with E-state index in [1.165, 1.54) is 31.0 Å². The van der Waals surface area contributed by atoms with Crippen molar-refractivity contribution in [2.45, 2.75) is 31.1 Å². The van der Waals surface area contributed by atoms with E-state index in [2.05, 4.69) is 24.9 Å². The van der Waals surface area contributed by atoms with Crippen molar-refractivity contribution in [1.82, 2.24) is 5.32 Å². The summed E-state index contributed by atoms with van der Waals surface area (Å²) in [7, 11) is 0. The number of carbonyl (C=O) groups is 1. The summed E-state index contributed by atoms with van der Waals surface area (Å²) < 4.78 is 13.0. The van der Waals surface area contributed by atoms with Crippen molar-refractivity contribution in [2.24, 2.45) is 5.41 Å². The average molecular weight is 253 g/mol. The maximum absolute atomic E-state index is 13.0. The van der Waals surface area contributed by atoms with Crippen LogP contribution in [0.5, 0.6) is 0 Å². The summed E-state index contributed by atoms with van der Waals surface area (Å²) in [5.41, 5.74) is 0.780. The van der Waals surface area contributed by atoms with Crippen LogP contribution in [-0.4, -0.2) is 12.5 Å². The third-order valence-electron chi connectivity index (χ3n) is 3.54. The normalized spacial score (nSPS) is 16.6. The summed E-state index contributed by atoms with van der Waals surface area (Å²) in [5, 5.41) is 2.90. The summed E-state index contributed by atoms with van der Waals surface area (Å²) in [6.07, 6.45) is 3.46. The van der Waals surface area contributed by atoms with Gasteiger partial charge in [0.05, 0.1) is 0 Å². The third kappa shape index (κ3) is 2.80. The second-order valence-electron chi connectivity index (χ2n) is 4.70. The van der Waals surface area contributed by atoms with Crippen LogP contribution in [0.3, 0.4) is 0 Å². The molecule has 0 aliphatic heterocycles. The Balaban J connectivity index is 1.97. The molecule has 17 heavy (non-hydrogen) atoms. The minimum atomic E-state index is -0.405. The predicted molar refractivity (Wildman–Crippen MR) is 67.9 cm³/mol. The van der Waals surface area contributed by atoms with Gasteiger partial charge in [0.15, 0.2) is 0 Å². The van der Waals surface area contributed by atoms with E-state index < -0.39 is 5.82 Å². The Kier molecular flexibility index (Phi) is 3.43. The number of amides is 1. The first-order valence-corrected chi connectivity index (χ1v) is 6.28. The van der Waals surface area contributed by atoms with E-state index in [0.29, 0.717) is 17.5 Å². The monoisotopic (exact) mass is 253 g/mol. The number of thiol groups is 1. The zero-order valence-electron chi connectivity index (χ0n) is 9.79. The summed E-state index contributed by atoms with van der Waals surface area (Å²) in [5.74, 6) is -0.558. The Labute approximate surface area is 106 Å². The molecule has 1 saturated carbocycles. The lowest BCUT2D eigenvalue weighted by molar-refractivity contribution is 0.0944. The maximum Gasteiger partial charge on any atom is 0.251 e. The van der Waals surface area contributed by atoms with Crippen LogP contribution in [0.15, 0.2) is 23.1 Å². The molecule has 1 amide bonds. The van der Waals surface area contributed by atoms with E-state index in [9.17, 15) is 9.18 Å². The summed E-state index contributed by atoms with van der Waals surface area (Å²) >= 11 is 3.96. The van der Waals surface area contributed by atoms with Crippen molar-refractivity contribution in [1.29, 1.82) is 0 Å². The number of hydrogen-bond acceptors (Lipinski definition) is 2. The average Bonchev–Trinajstić information content (AvgIpc) is 3.10. The Hall–Kier alpha value is -1.03. The lowest BCUT2D eigenvalue weighted by Gasteiger charge is -2.13. The van der Waals surface area contributed by atoms with Crippen LogP contribution >= 0.6 is 12.6 Å². The molecule has 0 radical (unpaired) electrons. The molecule has 2 rings (SSSR count). The highest BCUT2D eigenvalue weighted by atomic mass is 32.1. The molecule has 0 heterocycles. The van der Waals surface area contributed by atoms with Crippen LogP contribution in [0.2, 0.25) is 0 Å². The van der Waals surface area contributed by atoms with Crippen LogP contribution < -0.4 is 5.32 Å². The van der Waals surface area contributed by atoms with Crippen molar-refractivity contribution < 1.29 is 9.18 Å². The molecule has 1 fully saturated rings. The number of hydrogen-bond donors (Lipinski definition) is 2. The molecule has 0 bridgehead atoms. The van der Waals surface area contributed by atoms with Gasteiger partial charge in [-0.15, -0.1) is 12.6 Å². The van der Waals surface area contributed by atoms with Gasteiger partial charge in [-0.05, 0) is 42.9 Å². The fourth-order valence-electron chi connectivity index (χ4n) is 1.86. The Morgan fingerprint density at radius 3 is 2.76 bits per heavy atom. The molecule has 0 aromatic heterocycles. The quantitative estimate of drug-likeness (QED) is 0.793. The van der Waals surface area contributed by atoms with Gasteiger partial charge in [-0.1, -0.05) is 6.92 Å². The van der Waals surface area contributed by atoms with Crippen LogP contribution in [-0.2, 0) is 0 Å². The minimum absolute atomic E-state index is 0.153. The molecule has 1 aromatic rings. The second kappa shape index (κ2) is 4.69. The largest absolute Gasteiger partial charge is 0.351 e. The van der Waals surface area contributed by atoms with Gasteiger partial charge in [-0.3, -0.25) is 4.79 Å². The van der Waals surface area contributed by atoms with Crippen LogP contribution in [0, 0.1) is 11.2 Å². The number of benzene rings is 1. The summed E-state index contributed by atoms with van der Waals surface area (Å²) in [4.78, 5) is 12.0. The van der Waals surface area contributed by atoms with Crippen LogP contribution in [0.1, 0.15) is 36.5 Å². The van der Waals surface area contributed by atoms with Gasteiger partial charge >= 0.3 is 0 Å². The van der Waals surface area contributed by atoms with E-state index in [-0.39, 0.29) is 10.8 Å². The zero-order chi connectivity index (χ0) is 12.5. The van der Waals surface area contributed by atoms with Crippen LogP contribution in [0.25, 0.3) is 0 Å². The van der Waals surface area contributed by atoms with Gasteiger partial charge in [0.2, 0.25) is 0 Å². The maximum atomic E-state index is 13.0. The highest BCUT2D eigenvalue weighted by Crippen LogP contribution is 2.47. The van der Waals surface area contributed by atoms with Gasteiger partial charge in [-0.2, -0.15) is 0 Å². The fraction of sp³-hybridized carbons (Fsp3) is 0.462. The Morgan fingerprint density at radius 1 is 1.53 bits per heavy atom. The SMILES string of the molecule is CCC1(CNC(=O)c2ccc(F)c(S)c2)CC1. The lowest BCUT2D eigenvalue weighted by Crippen LogP contribution is -2.29. The topological polar surface area (TPSA) is 29.1 Å². The molecule has 1 aromatic carbocycles. The van der Waals surface area contributed by atoms with Gasteiger partial charge in [0, 0.05) is 17.0 Å². The first-order valence-electron chi connectivity index (χ1n) is 5.83. The first-order chi connectivity index (χ1) is 8.06. The number of rotatable bonds is 4. The Morgan fingerprint density at radius 2 is 2.24 bits per heavy atom. The molecule has 4 heteroatoms. The molecule has 0 spiro atoms. The van der Waals surface area contributed by atoms with Gasteiger partial charge in [0.1, 0.15) is 5.82 Å². The molecule has 0 unspecified atom stereocenters. The molecular weight excluding hydrogens is 237 g/mol. The fourth-order valence-corrected chi connectivity index (χ4v) is 2.07. The van der Waals surface area contributed by atoms with E-state index in [0.717, 1.165) is 6.42 Å². The summed E-state index contributed by atoms with van der Waals surface area (Å²) in [6, 6.07) is 4.21. The molecule has 1 N–H and O–H groups in total. The highest BCUT2D eigenvalue weighted by molar-refractivity contribution is 7.80. The zero-order valence-corrected chi connectivity index (χ0v) is 10.7. The molecule has 1 aliphatic carbocycles. The van der Waals surface area contributed by atoms with Crippen molar-refractivity contribution in [3.63, 3.8) is 0 Å². The van der Waals surface area contributed by atoms with E-state index >= 15 is 0 Å². The highest BCUT2D eigenvalue weighted by Gasteiger charge is 2.40. The predicted octanol–water partition coefficient (Wildman–Crippen LogP) is 3.03. The molecular formula is C13H16FNOS. The molecule has 2 nitrogen and oxygen atoms in total. The van der Waals surface area contributed by atoms with E-state index in [1.807, 2.05) is 0 Å². The third-order valence-corrected chi connectivity index (χ3v) is 3.88. The van der Waals surface area contributed by atoms with Crippen LogP contribution in [0.4, 0.5) is 4.39 Å². The molecule has 0 atom stereocenters. The van der Waals surface area contributed by atoms with Gasteiger partial charge in [0.25, 0.3) is 5.91 Å². The molecule has 92 valence electrons. The first kappa shape index (κ1) is 12.4. The lowest BCUT2D eigenvalue weighted by atomic mass is 10.0. The Bertz CT molecular complexity index is 443. The number of nitrogens with one attached hydrogen (secondary N) is 1. The van der Waals surface area contributed by atoms with Crippen molar-refractivity contribution >= 4 is 18.5 Å². The standard InChI is InChI=1S/C13H16FNOS/c1-2-13(5-6-13)8-15-12(16)9-3-4-10(14)11(17)7-9/h3-4,7,17H,2,5-6,8H2,1H3,(H,15,16). The number of halogens is 1. The molecule has 1 aliphatic rings. The van der Waals surface area contributed by atoms with Crippen molar-refractivity contribution in [3.8, 4) is 0 Å². The van der Waals surface area contributed by atoms with Gasteiger partial charge in [-0.25, -0.2) is 4.39 Å². The number of carbonyl (C=O) groups excluding carboxylic acids is 1. The molecule has 0 saturated heterocycles.